The van der Waals surface area contributed by atoms with Gasteiger partial charge in [0, 0.05) is 13.1 Å². The summed E-state index contributed by atoms with van der Waals surface area (Å²) in [5, 5.41) is 0. The van der Waals surface area contributed by atoms with Gasteiger partial charge in [-0.1, -0.05) is 32.9 Å². The minimum absolute atomic E-state index is 0.175. The van der Waals surface area contributed by atoms with Crippen molar-refractivity contribution < 1.29 is 9.59 Å². The summed E-state index contributed by atoms with van der Waals surface area (Å²) in [5.74, 6) is 0.0861. The predicted molar refractivity (Wildman–Crippen MR) is 88.2 cm³/mol. The summed E-state index contributed by atoms with van der Waals surface area (Å²) in [6.45, 7) is 10.6. The van der Waals surface area contributed by atoms with Gasteiger partial charge in [0.1, 0.15) is 0 Å². The van der Waals surface area contributed by atoms with Crippen LogP contribution in [-0.2, 0) is 9.59 Å². The van der Waals surface area contributed by atoms with Crippen LogP contribution < -0.4 is 0 Å². The van der Waals surface area contributed by atoms with E-state index in [9.17, 15) is 9.59 Å². The molecule has 0 aliphatic carbocycles. The zero-order valence-electron chi connectivity index (χ0n) is 14.0. The summed E-state index contributed by atoms with van der Waals surface area (Å²) in [7, 11) is 0. The number of amides is 2. The number of hydrogen-bond acceptors (Lipinski definition) is 3. The van der Waals surface area contributed by atoms with Crippen LogP contribution in [0.2, 0.25) is 0 Å². The van der Waals surface area contributed by atoms with E-state index in [1.165, 1.54) is 11.0 Å². The third kappa shape index (κ3) is 5.09. The second kappa shape index (κ2) is 7.23. The topological polar surface area (TPSA) is 40.6 Å². The Labute approximate surface area is 133 Å². The van der Waals surface area contributed by atoms with Crippen LogP contribution >= 0.6 is 0 Å². The van der Waals surface area contributed by atoms with Gasteiger partial charge in [0.25, 0.3) is 11.8 Å². The standard InChI is InChI=1S/C18H28N2O2/c1-18(2,3)14-19-12-9-15(10-13-19)7-8-17(22)20-11-5-4-6-16(20)21/h4,6-8,15H,5,9-14H2,1-3H3/b8-7+. The van der Waals surface area contributed by atoms with E-state index in [-0.39, 0.29) is 11.8 Å². The van der Waals surface area contributed by atoms with Crippen molar-refractivity contribution in [2.45, 2.75) is 40.0 Å². The van der Waals surface area contributed by atoms with Crippen molar-refractivity contribution in [1.82, 2.24) is 9.80 Å². The lowest BCUT2D eigenvalue weighted by Gasteiger charge is -2.35. The molecule has 4 nitrogen and oxygen atoms in total. The molecule has 22 heavy (non-hydrogen) atoms. The van der Waals surface area contributed by atoms with E-state index in [2.05, 4.69) is 25.7 Å². The van der Waals surface area contributed by atoms with Gasteiger partial charge in [-0.05, 0) is 55.8 Å². The largest absolute Gasteiger partial charge is 0.303 e. The molecule has 2 amide bonds. The SMILES string of the molecule is CC(C)(C)CN1CCC(/C=C/C(=O)N2CCC=CC2=O)CC1. The summed E-state index contributed by atoms with van der Waals surface area (Å²) >= 11 is 0. The molecule has 0 aromatic carbocycles. The van der Waals surface area contributed by atoms with Crippen molar-refractivity contribution in [2.75, 3.05) is 26.2 Å². The van der Waals surface area contributed by atoms with E-state index in [0.29, 0.717) is 17.9 Å². The van der Waals surface area contributed by atoms with Gasteiger partial charge in [-0.3, -0.25) is 14.5 Å². The van der Waals surface area contributed by atoms with Crippen LogP contribution in [0.4, 0.5) is 0 Å². The van der Waals surface area contributed by atoms with Gasteiger partial charge in [0.2, 0.25) is 0 Å². The Morgan fingerprint density at radius 1 is 1.27 bits per heavy atom. The molecule has 2 rings (SSSR count). The summed E-state index contributed by atoms with van der Waals surface area (Å²) < 4.78 is 0. The fourth-order valence-electron chi connectivity index (χ4n) is 3.09. The lowest BCUT2D eigenvalue weighted by molar-refractivity contribution is -0.139. The van der Waals surface area contributed by atoms with Gasteiger partial charge in [-0.25, -0.2) is 0 Å². The Morgan fingerprint density at radius 2 is 1.95 bits per heavy atom. The maximum atomic E-state index is 12.1. The van der Waals surface area contributed by atoms with Gasteiger partial charge in [-0.2, -0.15) is 0 Å². The fourth-order valence-corrected chi connectivity index (χ4v) is 3.09. The zero-order valence-corrected chi connectivity index (χ0v) is 14.0. The van der Waals surface area contributed by atoms with Crippen molar-refractivity contribution in [3.63, 3.8) is 0 Å². The molecule has 0 saturated carbocycles. The molecule has 0 atom stereocenters. The summed E-state index contributed by atoms with van der Waals surface area (Å²) in [5.41, 5.74) is 0.334. The predicted octanol–water partition coefficient (Wildman–Crippen LogP) is 2.62. The number of piperidine rings is 1. The van der Waals surface area contributed by atoms with Crippen LogP contribution in [0.15, 0.2) is 24.3 Å². The quantitative estimate of drug-likeness (QED) is 0.753. The molecule has 1 fully saturated rings. The fraction of sp³-hybridized carbons (Fsp3) is 0.667. The number of imide groups is 1. The van der Waals surface area contributed by atoms with Crippen molar-refractivity contribution in [2.24, 2.45) is 11.3 Å². The molecular weight excluding hydrogens is 276 g/mol. The first-order chi connectivity index (χ1) is 10.3. The van der Waals surface area contributed by atoms with Crippen molar-refractivity contribution in [3.05, 3.63) is 24.3 Å². The molecular formula is C18H28N2O2. The number of carbonyl (C=O) groups excluding carboxylic acids is 2. The number of hydrogen-bond donors (Lipinski definition) is 0. The van der Waals surface area contributed by atoms with Crippen molar-refractivity contribution >= 4 is 11.8 Å². The smallest absolute Gasteiger partial charge is 0.253 e. The molecule has 2 heterocycles. The monoisotopic (exact) mass is 304 g/mol. The maximum absolute atomic E-state index is 12.1. The first-order valence-corrected chi connectivity index (χ1v) is 8.28. The molecule has 1 saturated heterocycles. The van der Waals surface area contributed by atoms with Gasteiger partial charge in [-0.15, -0.1) is 0 Å². The molecule has 0 N–H and O–H groups in total. The Bertz CT molecular complexity index is 466. The highest BCUT2D eigenvalue weighted by Crippen LogP contribution is 2.23. The highest BCUT2D eigenvalue weighted by molar-refractivity contribution is 6.05. The van der Waals surface area contributed by atoms with Crippen molar-refractivity contribution in [1.29, 1.82) is 0 Å². The average molecular weight is 304 g/mol. The third-order valence-electron chi connectivity index (χ3n) is 4.15. The molecule has 122 valence electrons. The first-order valence-electron chi connectivity index (χ1n) is 8.28. The van der Waals surface area contributed by atoms with Gasteiger partial charge >= 0.3 is 0 Å². The molecule has 0 unspecified atom stereocenters. The van der Waals surface area contributed by atoms with E-state index in [4.69, 9.17) is 0 Å². The number of nitrogens with zero attached hydrogens (tertiary/aromatic N) is 2. The summed E-state index contributed by atoms with van der Waals surface area (Å²) in [6, 6.07) is 0. The molecule has 0 aromatic rings. The zero-order chi connectivity index (χ0) is 16.2. The molecule has 2 aliphatic rings. The minimum Gasteiger partial charge on any atom is -0.303 e. The minimum atomic E-state index is -0.194. The number of carbonyl (C=O) groups is 2. The van der Waals surface area contributed by atoms with E-state index in [1.807, 2.05) is 12.2 Å². The Hall–Kier alpha value is -1.42. The molecule has 0 spiro atoms. The lowest BCUT2D eigenvalue weighted by Crippen LogP contribution is -2.39. The van der Waals surface area contributed by atoms with Crippen LogP contribution in [0.1, 0.15) is 40.0 Å². The molecule has 4 heteroatoms. The van der Waals surface area contributed by atoms with Crippen LogP contribution in [-0.4, -0.2) is 47.8 Å². The highest BCUT2D eigenvalue weighted by Gasteiger charge is 2.23. The van der Waals surface area contributed by atoms with Gasteiger partial charge in [0.15, 0.2) is 0 Å². The normalized spacial score (nSPS) is 21.8. The Kier molecular flexibility index (Phi) is 5.57. The Morgan fingerprint density at radius 3 is 2.55 bits per heavy atom. The second-order valence-corrected chi connectivity index (χ2v) is 7.55. The van der Waals surface area contributed by atoms with E-state index in [0.717, 1.165) is 38.9 Å². The molecule has 0 bridgehead atoms. The average Bonchev–Trinajstić information content (AvgIpc) is 2.45. The number of likely N-dealkylation sites (tertiary alicyclic amines) is 1. The molecule has 2 aliphatic heterocycles. The van der Waals surface area contributed by atoms with Crippen molar-refractivity contribution in [3.8, 4) is 0 Å². The van der Waals surface area contributed by atoms with Crippen LogP contribution in [0.3, 0.4) is 0 Å². The molecule has 0 aromatic heterocycles. The highest BCUT2D eigenvalue weighted by atomic mass is 16.2. The van der Waals surface area contributed by atoms with Gasteiger partial charge < -0.3 is 4.90 Å². The lowest BCUT2D eigenvalue weighted by atomic mass is 9.92. The first kappa shape index (κ1) is 16.9. The van der Waals surface area contributed by atoms with Crippen LogP contribution in [0.25, 0.3) is 0 Å². The Balaban J connectivity index is 1.79. The summed E-state index contributed by atoms with van der Waals surface area (Å²) in [4.78, 5) is 27.5. The maximum Gasteiger partial charge on any atom is 0.253 e. The van der Waals surface area contributed by atoms with E-state index < -0.39 is 0 Å². The summed E-state index contributed by atoms with van der Waals surface area (Å²) in [6.07, 6.45) is 9.85. The van der Waals surface area contributed by atoms with E-state index >= 15 is 0 Å². The number of rotatable bonds is 3. The number of allylic oxidation sites excluding steroid dienone is 1. The van der Waals surface area contributed by atoms with Gasteiger partial charge in [0.05, 0.1) is 0 Å². The van der Waals surface area contributed by atoms with Crippen LogP contribution in [0.5, 0.6) is 0 Å². The van der Waals surface area contributed by atoms with Crippen LogP contribution in [0, 0.1) is 11.3 Å². The molecule has 0 radical (unpaired) electrons. The second-order valence-electron chi connectivity index (χ2n) is 7.55. The van der Waals surface area contributed by atoms with E-state index in [1.54, 1.807) is 6.08 Å². The third-order valence-corrected chi connectivity index (χ3v) is 4.15.